The average molecular weight is 427 g/mol. The fraction of sp³-hybridized carbons (Fsp3) is 0.400. The number of anilines is 1. The zero-order valence-corrected chi connectivity index (χ0v) is 16.5. The molecule has 1 aliphatic rings. The number of benzene rings is 1. The monoisotopic (exact) mass is 427 g/mol. The van der Waals surface area contributed by atoms with Gasteiger partial charge in [0.15, 0.2) is 0 Å². The highest BCUT2D eigenvalue weighted by Gasteiger charge is 2.36. The maximum absolute atomic E-state index is 13.2. The molecule has 0 radical (unpaired) electrons. The molecule has 0 atom stereocenters. The number of nitrogens with one attached hydrogen (secondary N) is 1. The number of aliphatic carboxylic acids is 1. The van der Waals surface area contributed by atoms with Crippen LogP contribution in [0.2, 0.25) is 0 Å². The number of alkyl halides is 3. The second kappa shape index (κ2) is 11.2. The van der Waals surface area contributed by atoms with Gasteiger partial charge in [0.05, 0.1) is 0 Å². The Bertz CT molecular complexity index is 794. The minimum atomic E-state index is -4.52. The standard InChI is InChI=1S/C18H20F3N3O2.C2H4O2/c19-18(20,21)15-6-7-16(24-10-8-22-9-11-24)23-17(15)26-13-12-25-14-4-2-1-3-5-14;1-2(3)4/h1-7,22H,8-13H2;1H3,(H,3,4). The smallest absolute Gasteiger partial charge is 0.421 e. The van der Waals surface area contributed by atoms with Crippen molar-refractivity contribution in [1.82, 2.24) is 10.3 Å². The van der Waals surface area contributed by atoms with E-state index in [0.29, 0.717) is 24.7 Å². The van der Waals surface area contributed by atoms with E-state index >= 15 is 0 Å². The summed E-state index contributed by atoms with van der Waals surface area (Å²) in [5.41, 5.74) is -0.879. The molecule has 10 heteroatoms. The van der Waals surface area contributed by atoms with Gasteiger partial charge < -0.3 is 24.8 Å². The zero-order valence-electron chi connectivity index (χ0n) is 16.5. The molecule has 1 aromatic heterocycles. The van der Waals surface area contributed by atoms with E-state index < -0.39 is 23.6 Å². The number of hydrogen-bond acceptors (Lipinski definition) is 6. The first-order valence-corrected chi connectivity index (χ1v) is 9.31. The van der Waals surface area contributed by atoms with Gasteiger partial charge in [0.1, 0.15) is 30.3 Å². The lowest BCUT2D eigenvalue weighted by atomic mass is 10.2. The van der Waals surface area contributed by atoms with Crippen LogP contribution in [0.5, 0.6) is 11.6 Å². The minimum absolute atomic E-state index is 0.0318. The molecule has 30 heavy (non-hydrogen) atoms. The first-order chi connectivity index (χ1) is 14.3. The molecule has 0 saturated carbocycles. The summed E-state index contributed by atoms with van der Waals surface area (Å²) in [6.45, 7) is 4.09. The van der Waals surface area contributed by atoms with Crippen LogP contribution in [0, 0.1) is 0 Å². The minimum Gasteiger partial charge on any atom is -0.490 e. The number of rotatable bonds is 6. The van der Waals surface area contributed by atoms with Gasteiger partial charge in [-0.1, -0.05) is 18.2 Å². The molecule has 0 aliphatic carbocycles. The molecule has 2 aromatic rings. The summed E-state index contributed by atoms with van der Waals surface area (Å²) in [4.78, 5) is 15.0. The van der Waals surface area contributed by atoms with Gasteiger partial charge in [-0.3, -0.25) is 4.79 Å². The molecule has 0 bridgehead atoms. The van der Waals surface area contributed by atoms with E-state index in [1.807, 2.05) is 23.1 Å². The van der Waals surface area contributed by atoms with Crippen molar-refractivity contribution in [1.29, 1.82) is 0 Å². The molecule has 2 heterocycles. The molecule has 0 spiro atoms. The fourth-order valence-corrected chi connectivity index (χ4v) is 2.64. The van der Waals surface area contributed by atoms with E-state index in [0.717, 1.165) is 26.1 Å². The van der Waals surface area contributed by atoms with Crippen molar-refractivity contribution in [3.8, 4) is 11.6 Å². The molecule has 0 unspecified atom stereocenters. The Labute approximate surface area is 172 Å². The first-order valence-electron chi connectivity index (χ1n) is 9.31. The van der Waals surface area contributed by atoms with Gasteiger partial charge in [-0.25, -0.2) is 0 Å². The number of para-hydroxylation sites is 1. The SMILES string of the molecule is CC(=O)O.FC(F)(F)c1ccc(N2CCNCC2)nc1OCCOc1ccccc1. The lowest BCUT2D eigenvalue weighted by Crippen LogP contribution is -2.43. The van der Waals surface area contributed by atoms with E-state index in [9.17, 15) is 13.2 Å². The molecule has 1 fully saturated rings. The molecule has 1 aliphatic heterocycles. The molecule has 2 N–H and O–H groups in total. The number of aromatic nitrogens is 1. The number of nitrogens with zero attached hydrogens (tertiary/aromatic N) is 2. The van der Waals surface area contributed by atoms with E-state index in [1.165, 1.54) is 6.07 Å². The number of pyridine rings is 1. The topological polar surface area (TPSA) is 83.9 Å². The van der Waals surface area contributed by atoms with E-state index in [4.69, 9.17) is 19.4 Å². The third-order valence-electron chi connectivity index (χ3n) is 3.93. The van der Waals surface area contributed by atoms with E-state index in [2.05, 4.69) is 10.3 Å². The summed E-state index contributed by atoms with van der Waals surface area (Å²) in [5, 5.41) is 10.6. The van der Waals surface area contributed by atoms with Crippen LogP contribution >= 0.6 is 0 Å². The van der Waals surface area contributed by atoms with Crippen molar-refractivity contribution in [3.05, 3.63) is 48.0 Å². The molecular weight excluding hydrogens is 403 g/mol. The van der Waals surface area contributed by atoms with E-state index in [1.54, 1.807) is 12.1 Å². The Hall–Kier alpha value is -3.01. The van der Waals surface area contributed by atoms with Crippen LogP contribution in [0.25, 0.3) is 0 Å². The predicted octanol–water partition coefficient (Wildman–Crippen LogP) is 3.06. The van der Waals surface area contributed by atoms with Crippen LogP contribution in [0.4, 0.5) is 19.0 Å². The van der Waals surface area contributed by atoms with Crippen LogP contribution in [-0.2, 0) is 11.0 Å². The fourth-order valence-electron chi connectivity index (χ4n) is 2.64. The average Bonchev–Trinajstić information content (AvgIpc) is 2.71. The Morgan fingerprint density at radius 2 is 1.70 bits per heavy atom. The van der Waals surface area contributed by atoms with Crippen LogP contribution in [0.1, 0.15) is 12.5 Å². The van der Waals surface area contributed by atoms with Crippen LogP contribution in [0.15, 0.2) is 42.5 Å². The Kier molecular flexibility index (Phi) is 8.72. The third-order valence-corrected chi connectivity index (χ3v) is 3.93. The second-order valence-electron chi connectivity index (χ2n) is 6.29. The number of halogens is 3. The number of carboxylic acid groups (broad SMARTS) is 1. The molecule has 164 valence electrons. The van der Waals surface area contributed by atoms with Crippen LogP contribution in [0.3, 0.4) is 0 Å². The van der Waals surface area contributed by atoms with Gasteiger partial charge in [-0.05, 0) is 24.3 Å². The summed E-state index contributed by atoms with van der Waals surface area (Å²) in [6.07, 6.45) is -4.52. The lowest BCUT2D eigenvalue weighted by Gasteiger charge is -2.29. The second-order valence-corrected chi connectivity index (χ2v) is 6.29. The molecular formula is C20H24F3N3O4. The van der Waals surface area contributed by atoms with Crippen molar-refractivity contribution in [2.24, 2.45) is 0 Å². The summed E-state index contributed by atoms with van der Waals surface area (Å²) in [6, 6.07) is 11.4. The van der Waals surface area contributed by atoms with E-state index in [-0.39, 0.29) is 13.2 Å². The highest BCUT2D eigenvalue weighted by atomic mass is 19.4. The van der Waals surface area contributed by atoms with Gasteiger partial charge >= 0.3 is 6.18 Å². The van der Waals surface area contributed by atoms with Crippen molar-refractivity contribution >= 4 is 11.8 Å². The first kappa shape index (κ1) is 23.3. The molecule has 0 amide bonds. The number of carbonyl (C=O) groups is 1. The summed E-state index contributed by atoms with van der Waals surface area (Å²) in [5.74, 6) is -0.127. The van der Waals surface area contributed by atoms with Crippen molar-refractivity contribution in [2.75, 3.05) is 44.3 Å². The number of ether oxygens (including phenoxy) is 2. The van der Waals surface area contributed by atoms with Gasteiger partial charge in [-0.15, -0.1) is 0 Å². The maximum Gasteiger partial charge on any atom is 0.421 e. The number of carboxylic acids is 1. The van der Waals surface area contributed by atoms with Gasteiger partial charge in [-0.2, -0.15) is 18.2 Å². The van der Waals surface area contributed by atoms with Gasteiger partial charge in [0.2, 0.25) is 5.88 Å². The van der Waals surface area contributed by atoms with Crippen molar-refractivity contribution in [2.45, 2.75) is 13.1 Å². The highest BCUT2D eigenvalue weighted by molar-refractivity contribution is 5.62. The number of hydrogen-bond donors (Lipinski definition) is 2. The summed E-state index contributed by atoms with van der Waals surface area (Å²) >= 11 is 0. The quantitative estimate of drug-likeness (QED) is 0.686. The normalized spacial score (nSPS) is 13.8. The predicted molar refractivity (Wildman–Crippen MR) is 105 cm³/mol. The Morgan fingerprint density at radius 1 is 1.10 bits per heavy atom. The largest absolute Gasteiger partial charge is 0.490 e. The molecule has 1 aromatic carbocycles. The summed E-state index contributed by atoms with van der Waals surface area (Å²) < 4.78 is 50.4. The molecule has 1 saturated heterocycles. The van der Waals surface area contributed by atoms with Crippen LogP contribution < -0.4 is 19.7 Å². The third kappa shape index (κ3) is 7.78. The zero-order chi connectivity index (χ0) is 22.0. The van der Waals surface area contributed by atoms with Gasteiger partial charge in [0, 0.05) is 33.1 Å². The van der Waals surface area contributed by atoms with Crippen LogP contribution in [-0.4, -0.2) is 55.5 Å². The Balaban J connectivity index is 0.000000735. The maximum atomic E-state index is 13.2. The van der Waals surface area contributed by atoms with Crippen molar-refractivity contribution in [3.63, 3.8) is 0 Å². The van der Waals surface area contributed by atoms with Gasteiger partial charge in [0.25, 0.3) is 5.97 Å². The molecule has 7 nitrogen and oxygen atoms in total. The highest BCUT2D eigenvalue weighted by Crippen LogP contribution is 2.36. The summed E-state index contributed by atoms with van der Waals surface area (Å²) in [7, 11) is 0. The Morgan fingerprint density at radius 3 is 2.30 bits per heavy atom. The number of piperazine rings is 1. The lowest BCUT2D eigenvalue weighted by molar-refractivity contribution is -0.139. The molecule has 3 rings (SSSR count). The van der Waals surface area contributed by atoms with Crippen molar-refractivity contribution < 1.29 is 32.5 Å².